The second-order valence-corrected chi connectivity index (χ2v) is 7.23. The van der Waals surface area contributed by atoms with E-state index in [1.54, 1.807) is 6.92 Å². The van der Waals surface area contributed by atoms with Crippen molar-refractivity contribution in [3.63, 3.8) is 0 Å². The Hall–Kier alpha value is -1.73. The second-order valence-electron chi connectivity index (χ2n) is 6.16. The average Bonchev–Trinajstić information content (AvgIpc) is 2.79. The van der Waals surface area contributed by atoms with E-state index in [0.717, 1.165) is 17.0 Å². The summed E-state index contributed by atoms with van der Waals surface area (Å²) in [4.78, 5) is 27.8. The molecule has 0 aromatic rings. The Bertz CT molecular complexity index is 638. The Morgan fingerprint density at radius 3 is 2.87 bits per heavy atom. The first-order valence-electron chi connectivity index (χ1n) is 7.58. The van der Waals surface area contributed by atoms with Gasteiger partial charge in [0.1, 0.15) is 5.70 Å². The number of rotatable bonds is 5. The van der Waals surface area contributed by atoms with Crippen molar-refractivity contribution in [1.29, 1.82) is 0 Å². The molecule has 23 heavy (non-hydrogen) atoms. The van der Waals surface area contributed by atoms with Crippen LogP contribution in [-0.2, 0) is 9.59 Å². The Morgan fingerprint density at radius 2 is 2.26 bits per heavy atom. The van der Waals surface area contributed by atoms with Crippen molar-refractivity contribution in [2.75, 3.05) is 19.3 Å². The molecule has 1 unspecified atom stereocenters. The lowest BCUT2D eigenvalue weighted by Crippen LogP contribution is -2.61. The van der Waals surface area contributed by atoms with Crippen LogP contribution in [0.4, 0.5) is 0 Å². The largest absolute Gasteiger partial charge is 0.477 e. The smallest absolute Gasteiger partial charge is 0.353 e. The van der Waals surface area contributed by atoms with Crippen molar-refractivity contribution in [2.24, 2.45) is 5.92 Å². The maximum atomic E-state index is 12.1. The van der Waals surface area contributed by atoms with E-state index in [1.807, 2.05) is 19.3 Å². The summed E-state index contributed by atoms with van der Waals surface area (Å²) in [5.41, 5.74) is 1.21. The second kappa shape index (κ2) is 6.05. The number of aliphatic hydroxyl groups is 1. The first-order chi connectivity index (χ1) is 10.9. The van der Waals surface area contributed by atoms with Crippen LogP contribution in [0.15, 0.2) is 34.5 Å². The first kappa shape index (κ1) is 16.1. The molecular weight excluding hydrogens is 316 g/mol. The minimum atomic E-state index is -1.07. The van der Waals surface area contributed by atoms with Gasteiger partial charge in [-0.05, 0) is 12.5 Å². The summed E-state index contributed by atoms with van der Waals surface area (Å²) in [5.74, 6) is -1.17. The molecule has 3 aliphatic heterocycles. The highest BCUT2D eigenvalue weighted by molar-refractivity contribution is 8.03. The van der Waals surface area contributed by atoms with Gasteiger partial charge in [-0.15, -0.1) is 11.8 Å². The maximum Gasteiger partial charge on any atom is 0.353 e. The van der Waals surface area contributed by atoms with E-state index in [2.05, 4.69) is 11.0 Å². The average molecular weight is 336 g/mol. The summed E-state index contributed by atoms with van der Waals surface area (Å²) in [6, 6.07) is -0.213. The summed E-state index contributed by atoms with van der Waals surface area (Å²) in [5, 5.41) is 19.2. The van der Waals surface area contributed by atoms with Crippen molar-refractivity contribution >= 4 is 23.6 Å². The SMILES string of the molecule is C[C@@H](O)[C@@H]1C(=O)N2C(C(=O)O)=C(SCC3=CN(C)CC=C3)CC12. The van der Waals surface area contributed by atoms with Gasteiger partial charge in [0.15, 0.2) is 0 Å². The lowest BCUT2D eigenvalue weighted by molar-refractivity contribution is -0.161. The van der Waals surface area contributed by atoms with Crippen LogP contribution < -0.4 is 0 Å². The van der Waals surface area contributed by atoms with Gasteiger partial charge in [0.05, 0.1) is 18.1 Å². The Labute approximate surface area is 139 Å². The lowest BCUT2D eigenvalue weighted by Gasteiger charge is -2.44. The Morgan fingerprint density at radius 1 is 1.52 bits per heavy atom. The number of aliphatic carboxylic acids is 1. The van der Waals surface area contributed by atoms with Gasteiger partial charge in [-0.25, -0.2) is 4.79 Å². The molecule has 0 spiro atoms. The zero-order valence-electron chi connectivity index (χ0n) is 13.1. The molecule has 3 aliphatic rings. The van der Waals surface area contributed by atoms with Crippen LogP contribution in [0.3, 0.4) is 0 Å². The van der Waals surface area contributed by atoms with Gasteiger partial charge in [0.25, 0.3) is 0 Å². The predicted molar refractivity (Wildman–Crippen MR) is 87.4 cm³/mol. The van der Waals surface area contributed by atoms with Crippen LogP contribution in [-0.4, -0.2) is 63.4 Å². The minimum absolute atomic E-state index is 0.0932. The molecule has 1 saturated heterocycles. The van der Waals surface area contributed by atoms with Gasteiger partial charge in [-0.3, -0.25) is 4.79 Å². The van der Waals surface area contributed by atoms with E-state index in [9.17, 15) is 19.8 Å². The number of carboxylic acid groups (broad SMARTS) is 1. The van der Waals surface area contributed by atoms with Crippen molar-refractivity contribution < 1.29 is 19.8 Å². The number of likely N-dealkylation sites (N-methyl/N-ethyl adjacent to an activating group) is 1. The molecule has 0 radical (unpaired) electrons. The molecule has 3 atom stereocenters. The number of β-lactam (4-membered cyclic amide) rings is 1. The molecule has 3 rings (SSSR count). The number of nitrogens with zero attached hydrogens (tertiary/aromatic N) is 2. The van der Waals surface area contributed by atoms with Crippen molar-refractivity contribution in [3.8, 4) is 0 Å². The van der Waals surface area contributed by atoms with Gasteiger partial charge >= 0.3 is 5.97 Å². The number of carboxylic acids is 1. The fourth-order valence-electron chi connectivity index (χ4n) is 3.36. The minimum Gasteiger partial charge on any atom is -0.477 e. The van der Waals surface area contributed by atoms with Crippen molar-refractivity contribution in [3.05, 3.63) is 34.5 Å². The fourth-order valence-corrected chi connectivity index (χ4v) is 4.49. The number of hydrogen-bond donors (Lipinski definition) is 2. The fraction of sp³-hybridized carbons (Fsp3) is 0.500. The number of carbonyl (C=O) groups is 2. The third kappa shape index (κ3) is 2.79. The first-order valence-corrected chi connectivity index (χ1v) is 8.56. The van der Waals surface area contributed by atoms with Crippen LogP contribution in [0.25, 0.3) is 0 Å². The number of allylic oxidation sites excluding steroid dienone is 1. The molecular formula is C16H20N2O4S. The number of aliphatic hydroxyl groups excluding tert-OH is 1. The van der Waals surface area contributed by atoms with E-state index in [4.69, 9.17) is 0 Å². The normalized spacial score (nSPS) is 27.8. The molecule has 1 fully saturated rings. The molecule has 0 saturated carbocycles. The lowest BCUT2D eigenvalue weighted by atomic mass is 9.83. The third-order valence-electron chi connectivity index (χ3n) is 4.42. The molecule has 0 aliphatic carbocycles. The van der Waals surface area contributed by atoms with E-state index in [1.165, 1.54) is 16.7 Å². The molecule has 3 heterocycles. The molecule has 0 bridgehead atoms. The highest BCUT2D eigenvalue weighted by atomic mass is 32.2. The molecule has 124 valence electrons. The van der Waals surface area contributed by atoms with Gasteiger partial charge in [0.2, 0.25) is 5.91 Å². The quantitative estimate of drug-likeness (QED) is 0.730. The van der Waals surface area contributed by atoms with E-state index in [0.29, 0.717) is 12.2 Å². The molecule has 2 N–H and O–H groups in total. The maximum absolute atomic E-state index is 12.1. The van der Waals surface area contributed by atoms with Crippen molar-refractivity contribution in [2.45, 2.75) is 25.5 Å². The zero-order chi connectivity index (χ0) is 16.7. The zero-order valence-corrected chi connectivity index (χ0v) is 13.9. The number of amides is 1. The van der Waals surface area contributed by atoms with Gasteiger partial charge in [-0.2, -0.15) is 0 Å². The molecule has 1 amide bonds. The molecule has 6 nitrogen and oxygen atoms in total. The van der Waals surface area contributed by atoms with Crippen LogP contribution in [0.1, 0.15) is 13.3 Å². The van der Waals surface area contributed by atoms with Crippen LogP contribution in [0.2, 0.25) is 0 Å². The number of hydrogen-bond acceptors (Lipinski definition) is 5. The van der Waals surface area contributed by atoms with Crippen LogP contribution >= 0.6 is 11.8 Å². The number of thioether (sulfide) groups is 1. The highest BCUT2D eigenvalue weighted by Gasteiger charge is 2.56. The predicted octanol–water partition coefficient (Wildman–Crippen LogP) is 1.01. The standard InChI is InChI=1S/C16H20N2O4S/c1-9(19)13-11-6-12(14(16(21)22)18(11)15(13)20)23-8-10-4-3-5-17(2)7-10/h3-4,7,9,11,13,19H,5-6,8H2,1-2H3,(H,21,22)/t9-,11?,13+/m1/s1. The summed E-state index contributed by atoms with van der Waals surface area (Å²) >= 11 is 1.47. The summed E-state index contributed by atoms with van der Waals surface area (Å²) in [6.45, 7) is 2.45. The van der Waals surface area contributed by atoms with Crippen LogP contribution in [0.5, 0.6) is 0 Å². The summed E-state index contributed by atoms with van der Waals surface area (Å²) < 4.78 is 0. The topological polar surface area (TPSA) is 81.1 Å². The van der Waals surface area contributed by atoms with Crippen molar-refractivity contribution in [1.82, 2.24) is 9.80 Å². The van der Waals surface area contributed by atoms with E-state index < -0.39 is 18.0 Å². The third-order valence-corrected chi connectivity index (χ3v) is 5.60. The molecule has 7 heteroatoms. The van der Waals surface area contributed by atoms with E-state index >= 15 is 0 Å². The Balaban J connectivity index is 1.75. The van der Waals surface area contributed by atoms with Gasteiger partial charge in [-0.1, -0.05) is 12.2 Å². The highest BCUT2D eigenvalue weighted by Crippen LogP contribution is 2.47. The van der Waals surface area contributed by atoms with Crippen LogP contribution in [0, 0.1) is 5.92 Å². The number of carbonyl (C=O) groups excluding carboxylic acids is 1. The van der Waals surface area contributed by atoms with Gasteiger partial charge < -0.3 is 20.0 Å². The summed E-state index contributed by atoms with van der Waals surface area (Å²) in [6.07, 6.45) is 5.92. The Kier molecular flexibility index (Phi) is 4.25. The monoisotopic (exact) mass is 336 g/mol. The molecule has 0 aromatic heterocycles. The van der Waals surface area contributed by atoms with E-state index in [-0.39, 0.29) is 17.6 Å². The number of fused-ring (bicyclic) bond motifs is 1. The molecule has 0 aromatic carbocycles. The summed E-state index contributed by atoms with van der Waals surface area (Å²) in [7, 11) is 1.99. The van der Waals surface area contributed by atoms with Gasteiger partial charge in [0, 0.05) is 36.9 Å².